The normalized spacial score (nSPS) is 23.3. The molecule has 6 heteroatoms. The maximum Gasteiger partial charge on any atom is 0.134 e. The van der Waals surface area contributed by atoms with E-state index in [4.69, 9.17) is 22.7 Å². The van der Waals surface area contributed by atoms with E-state index >= 15 is 0 Å². The molecule has 1 aliphatic heterocycles. The fourth-order valence-electron chi connectivity index (χ4n) is 2.40. The zero-order chi connectivity index (χ0) is 13.3. The van der Waals surface area contributed by atoms with E-state index in [1.54, 1.807) is 4.68 Å². The molecule has 0 aliphatic carbocycles. The van der Waals surface area contributed by atoms with Crippen molar-refractivity contribution >= 4 is 23.0 Å². The molecule has 1 aromatic heterocycles. The minimum Gasteiger partial charge on any atom is -0.389 e. The third kappa shape index (κ3) is 2.49. The zero-order valence-corrected chi connectivity index (χ0v) is 11.9. The van der Waals surface area contributed by atoms with Gasteiger partial charge in [-0.25, -0.2) is 0 Å². The number of rotatable bonds is 4. The highest BCUT2D eigenvalue weighted by molar-refractivity contribution is 7.80. The van der Waals surface area contributed by atoms with E-state index in [1.807, 2.05) is 14.0 Å². The molecular weight excluding hydrogens is 248 g/mol. The maximum absolute atomic E-state index is 5.75. The van der Waals surface area contributed by atoms with Crippen molar-refractivity contribution in [3.63, 3.8) is 0 Å². The summed E-state index contributed by atoms with van der Waals surface area (Å²) in [5.41, 5.74) is 7.33. The zero-order valence-electron chi connectivity index (χ0n) is 11.1. The number of nitrogens with two attached hydrogens (primary N) is 1. The Morgan fingerprint density at radius 1 is 1.67 bits per heavy atom. The van der Waals surface area contributed by atoms with Crippen LogP contribution >= 0.6 is 12.2 Å². The molecule has 2 heterocycles. The Morgan fingerprint density at radius 2 is 2.39 bits per heavy atom. The molecule has 1 saturated heterocycles. The topological polar surface area (TPSA) is 65.1 Å². The molecule has 1 aromatic rings. The Bertz CT molecular complexity index is 463. The van der Waals surface area contributed by atoms with Crippen molar-refractivity contribution in [2.45, 2.75) is 32.3 Å². The fraction of sp³-hybridized carbons (Fsp3) is 0.667. The lowest BCUT2D eigenvalue weighted by atomic mass is 10.0. The molecular formula is C12H20N4OS. The van der Waals surface area contributed by atoms with Crippen molar-refractivity contribution in [2.24, 2.45) is 12.8 Å². The van der Waals surface area contributed by atoms with E-state index in [9.17, 15) is 0 Å². The molecule has 1 fully saturated rings. The molecule has 5 nitrogen and oxygen atoms in total. The second kappa shape index (κ2) is 4.85. The van der Waals surface area contributed by atoms with Crippen LogP contribution < -0.4 is 11.1 Å². The summed E-state index contributed by atoms with van der Waals surface area (Å²) in [5, 5.41) is 7.72. The maximum atomic E-state index is 5.75. The van der Waals surface area contributed by atoms with Crippen LogP contribution in [-0.2, 0) is 11.8 Å². The molecule has 1 atom stereocenters. The van der Waals surface area contributed by atoms with E-state index in [2.05, 4.69) is 17.3 Å². The van der Waals surface area contributed by atoms with Crippen LogP contribution in [0.15, 0.2) is 0 Å². The van der Waals surface area contributed by atoms with Gasteiger partial charge in [-0.1, -0.05) is 12.2 Å². The highest BCUT2D eigenvalue weighted by atomic mass is 32.1. The number of ether oxygens (including phenoxy) is 1. The van der Waals surface area contributed by atoms with Gasteiger partial charge in [-0.2, -0.15) is 5.10 Å². The third-order valence-electron chi connectivity index (χ3n) is 3.40. The predicted octanol–water partition coefficient (Wildman–Crippen LogP) is 1.34. The first-order chi connectivity index (χ1) is 8.43. The molecule has 0 saturated carbocycles. The molecule has 1 aliphatic rings. The smallest absolute Gasteiger partial charge is 0.134 e. The van der Waals surface area contributed by atoms with Gasteiger partial charge in [0.2, 0.25) is 0 Å². The highest BCUT2D eigenvalue weighted by Crippen LogP contribution is 2.26. The van der Waals surface area contributed by atoms with Gasteiger partial charge in [-0.15, -0.1) is 0 Å². The van der Waals surface area contributed by atoms with Crippen LogP contribution in [0.25, 0.3) is 0 Å². The summed E-state index contributed by atoms with van der Waals surface area (Å²) in [4.78, 5) is 0.376. The van der Waals surface area contributed by atoms with Gasteiger partial charge < -0.3 is 15.8 Å². The third-order valence-corrected chi connectivity index (χ3v) is 3.60. The second-order valence-electron chi connectivity index (χ2n) is 5.05. The summed E-state index contributed by atoms with van der Waals surface area (Å²) in [6.45, 7) is 5.61. The molecule has 0 aromatic carbocycles. The van der Waals surface area contributed by atoms with Crippen LogP contribution in [0.4, 0.5) is 5.82 Å². The standard InChI is InChI=1S/C12H20N4OS/c1-8-9(10(13)18)11(16(3)15-8)14-7-12(2)5-4-6-17-12/h14H,4-7H2,1-3H3,(H2,13,18). The van der Waals surface area contributed by atoms with Crippen molar-refractivity contribution in [3.05, 3.63) is 11.3 Å². The number of hydrogen-bond acceptors (Lipinski definition) is 4. The molecule has 0 radical (unpaired) electrons. The number of nitrogens with zero attached hydrogens (tertiary/aromatic N) is 2. The predicted molar refractivity (Wildman–Crippen MR) is 75.9 cm³/mol. The average molecular weight is 268 g/mol. The molecule has 100 valence electrons. The van der Waals surface area contributed by atoms with Gasteiger partial charge >= 0.3 is 0 Å². The van der Waals surface area contributed by atoms with E-state index in [-0.39, 0.29) is 5.60 Å². The summed E-state index contributed by atoms with van der Waals surface area (Å²) >= 11 is 5.08. The first-order valence-electron chi connectivity index (χ1n) is 6.14. The molecule has 0 bridgehead atoms. The van der Waals surface area contributed by atoms with Gasteiger partial charge in [0.1, 0.15) is 10.8 Å². The lowest BCUT2D eigenvalue weighted by Gasteiger charge is -2.24. The van der Waals surface area contributed by atoms with Crippen molar-refractivity contribution < 1.29 is 4.74 Å². The summed E-state index contributed by atoms with van der Waals surface area (Å²) in [5.74, 6) is 0.872. The van der Waals surface area contributed by atoms with Crippen molar-refractivity contribution in [1.29, 1.82) is 0 Å². The van der Waals surface area contributed by atoms with Crippen LogP contribution in [0.3, 0.4) is 0 Å². The number of aromatic nitrogens is 2. The van der Waals surface area contributed by atoms with Crippen LogP contribution in [0.2, 0.25) is 0 Å². The van der Waals surface area contributed by atoms with Crippen LogP contribution in [0, 0.1) is 6.92 Å². The first kappa shape index (κ1) is 13.3. The number of aryl methyl sites for hydroxylation is 2. The summed E-state index contributed by atoms with van der Waals surface area (Å²) in [7, 11) is 1.88. The fourth-order valence-corrected chi connectivity index (χ4v) is 2.65. The van der Waals surface area contributed by atoms with Gasteiger partial charge in [-0.3, -0.25) is 4.68 Å². The lowest BCUT2D eigenvalue weighted by molar-refractivity contribution is 0.0314. The van der Waals surface area contributed by atoms with Crippen LogP contribution in [0.5, 0.6) is 0 Å². The van der Waals surface area contributed by atoms with Gasteiger partial charge in [0.25, 0.3) is 0 Å². The Balaban J connectivity index is 2.16. The minimum atomic E-state index is -0.105. The molecule has 0 amide bonds. The van der Waals surface area contributed by atoms with Gasteiger partial charge in [-0.05, 0) is 26.7 Å². The molecule has 2 rings (SSSR count). The molecule has 3 N–H and O–H groups in total. The van der Waals surface area contributed by atoms with E-state index in [0.29, 0.717) is 4.99 Å². The second-order valence-corrected chi connectivity index (χ2v) is 5.49. The largest absolute Gasteiger partial charge is 0.389 e. The molecule has 1 unspecified atom stereocenters. The quantitative estimate of drug-likeness (QED) is 0.807. The van der Waals surface area contributed by atoms with Gasteiger partial charge in [0, 0.05) is 20.2 Å². The molecule has 18 heavy (non-hydrogen) atoms. The monoisotopic (exact) mass is 268 g/mol. The Morgan fingerprint density at radius 3 is 2.94 bits per heavy atom. The van der Waals surface area contributed by atoms with E-state index in [0.717, 1.165) is 43.1 Å². The number of anilines is 1. The van der Waals surface area contributed by atoms with Crippen molar-refractivity contribution in [2.75, 3.05) is 18.5 Å². The summed E-state index contributed by atoms with van der Waals surface area (Å²) in [6, 6.07) is 0. The van der Waals surface area contributed by atoms with Crippen molar-refractivity contribution in [3.8, 4) is 0 Å². The number of hydrogen-bond donors (Lipinski definition) is 2. The number of nitrogens with one attached hydrogen (secondary N) is 1. The van der Waals surface area contributed by atoms with E-state index < -0.39 is 0 Å². The van der Waals surface area contributed by atoms with E-state index in [1.165, 1.54) is 0 Å². The van der Waals surface area contributed by atoms with Gasteiger partial charge in [0.05, 0.1) is 16.9 Å². The van der Waals surface area contributed by atoms with Gasteiger partial charge in [0.15, 0.2) is 0 Å². The Labute approximate surface area is 113 Å². The molecule has 0 spiro atoms. The lowest BCUT2D eigenvalue weighted by Crippen LogP contribution is -2.33. The Kier molecular flexibility index (Phi) is 3.59. The highest BCUT2D eigenvalue weighted by Gasteiger charge is 2.30. The Hall–Kier alpha value is -1.14. The summed E-state index contributed by atoms with van der Waals surface area (Å²) < 4.78 is 7.53. The average Bonchev–Trinajstić information content (AvgIpc) is 2.81. The van der Waals surface area contributed by atoms with Crippen LogP contribution in [-0.4, -0.2) is 33.5 Å². The van der Waals surface area contributed by atoms with Crippen LogP contribution in [0.1, 0.15) is 31.0 Å². The summed E-state index contributed by atoms with van der Waals surface area (Å²) in [6.07, 6.45) is 2.18. The minimum absolute atomic E-state index is 0.105. The number of thiocarbonyl (C=S) groups is 1. The SMILES string of the molecule is Cc1nn(C)c(NCC2(C)CCCO2)c1C(N)=S. The van der Waals surface area contributed by atoms with Crippen molar-refractivity contribution in [1.82, 2.24) is 9.78 Å². The first-order valence-corrected chi connectivity index (χ1v) is 6.55.